The number of benzene rings is 1. The second-order valence-corrected chi connectivity index (χ2v) is 6.29. The highest BCUT2D eigenvalue weighted by molar-refractivity contribution is 5.95. The summed E-state index contributed by atoms with van der Waals surface area (Å²) in [5.41, 5.74) is 1.25. The lowest BCUT2D eigenvalue weighted by Crippen LogP contribution is -2.47. The van der Waals surface area contributed by atoms with Gasteiger partial charge < -0.3 is 20.1 Å². The van der Waals surface area contributed by atoms with Gasteiger partial charge in [0.2, 0.25) is 0 Å². The summed E-state index contributed by atoms with van der Waals surface area (Å²) >= 11 is 0. The molecular formula is C19H22N2O5. The lowest BCUT2D eigenvalue weighted by Gasteiger charge is -2.30. The molecule has 1 heterocycles. The molecule has 1 aliphatic carbocycles. The van der Waals surface area contributed by atoms with E-state index in [-0.39, 0.29) is 36.4 Å². The molecule has 1 aromatic carbocycles. The molecule has 1 aromatic rings. The van der Waals surface area contributed by atoms with E-state index < -0.39 is 18.0 Å². The Morgan fingerprint density at radius 3 is 2.50 bits per heavy atom. The first-order chi connectivity index (χ1) is 12.6. The molecule has 7 heteroatoms. The van der Waals surface area contributed by atoms with Crippen LogP contribution in [-0.4, -0.2) is 31.2 Å². The molecule has 26 heavy (non-hydrogen) atoms. The fraction of sp³-hybridized carbons (Fsp3) is 0.421. The summed E-state index contributed by atoms with van der Waals surface area (Å²) in [5.74, 6) is -0.927. The summed E-state index contributed by atoms with van der Waals surface area (Å²) < 4.78 is 10.5. The number of nitrogens with one attached hydrogen (secondary N) is 2. The minimum atomic E-state index is -0.665. The molecule has 0 aromatic heterocycles. The van der Waals surface area contributed by atoms with Gasteiger partial charge in [-0.1, -0.05) is 36.8 Å². The van der Waals surface area contributed by atoms with Gasteiger partial charge in [-0.3, -0.25) is 4.79 Å². The molecule has 2 amide bonds. The molecule has 3 rings (SSSR count). The number of esters is 2. The smallest absolute Gasteiger partial charge is 0.338 e. The molecule has 2 N–H and O–H groups in total. The van der Waals surface area contributed by atoms with E-state index in [1.165, 1.54) is 0 Å². The topological polar surface area (TPSA) is 93.7 Å². The van der Waals surface area contributed by atoms with Crippen molar-refractivity contribution in [3.63, 3.8) is 0 Å². The largest absolute Gasteiger partial charge is 0.463 e. The molecule has 1 aliphatic heterocycles. The molecule has 0 spiro atoms. The van der Waals surface area contributed by atoms with Gasteiger partial charge >= 0.3 is 18.0 Å². The van der Waals surface area contributed by atoms with E-state index in [2.05, 4.69) is 10.6 Å². The van der Waals surface area contributed by atoms with Crippen LogP contribution >= 0.6 is 0 Å². The van der Waals surface area contributed by atoms with Crippen molar-refractivity contribution < 1.29 is 23.9 Å². The monoisotopic (exact) mass is 358 g/mol. The number of carbonyl (C=O) groups is 3. The summed E-state index contributed by atoms with van der Waals surface area (Å²) in [6, 6.07) is 8.00. The maximum atomic E-state index is 12.5. The van der Waals surface area contributed by atoms with Crippen molar-refractivity contribution in [1.82, 2.24) is 10.6 Å². The zero-order chi connectivity index (χ0) is 18.5. The average Bonchev–Trinajstić information content (AvgIpc) is 2.58. The van der Waals surface area contributed by atoms with Crippen LogP contribution in [0.25, 0.3) is 0 Å². The molecule has 1 atom stereocenters. The van der Waals surface area contributed by atoms with Crippen molar-refractivity contribution in [3.05, 3.63) is 47.2 Å². The summed E-state index contributed by atoms with van der Waals surface area (Å²) in [4.78, 5) is 36.6. The van der Waals surface area contributed by atoms with Crippen LogP contribution in [-0.2, 0) is 19.1 Å². The molecular weight excluding hydrogens is 336 g/mol. The lowest BCUT2D eigenvalue weighted by atomic mass is 9.86. The predicted octanol–water partition coefficient (Wildman–Crippen LogP) is 2.20. The Hall–Kier alpha value is -2.83. The third-order valence-corrected chi connectivity index (χ3v) is 4.58. The first-order valence-corrected chi connectivity index (χ1v) is 8.79. The molecule has 7 nitrogen and oxygen atoms in total. The van der Waals surface area contributed by atoms with E-state index in [1.54, 1.807) is 6.92 Å². The van der Waals surface area contributed by atoms with Gasteiger partial charge in [-0.25, -0.2) is 9.59 Å². The van der Waals surface area contributed by atoms with Crippen LogP contribution in [0.3, 0.4) is 0 Å². The Kier molecular flexibility index (Phi) is 5.55. The molecule has 0 bridgehead atoms. The van der Waals surface area contributed by atoms with Crippen LogP contribution < -0.4 is 10.6 Å². The van der Waals surface area contributed by atoms with E-state index >= 15 is 0 Å². The minimum absolute atomic E-state index is 0.0796. The third kappa shape index (κ3) is 3.87. The van der Waals surface area contributed by atoms with E-state index in [0.717, 1.165) is 24.8 Å². The van der Waals surface area contributed by atoms with Crippen molar-refractivity contribution in [2.24, 2.45) is 5.92 Å². The second kappa shape index (κ2) is 8.03. The normalized spacial score (nSPS) is 19.9. The number of ether oxygens (including phenoxy) is 2. The minimum Gasteiger partial charge on any atom is -0.463 e. The van der Waals surface area contributed by atoms with Gasteiger partial charge in [0.25, 0.3) is 0 Å². The van der Waals surface area contributed by atoms with E-state index in [0.29, 0.717) is 0 Å². The van der Waals surface area contributed by atoms with Crippen molar-refractivity contribution in [1.29, 1.82) is 0 Å². The first kappa shape index (κ1) is 18.0. The van der Waals surface area contributed by atoms with Crippen LogP contribution in [0.2, 0.25) is 0 Å². The van der Waals surface area contributed by atoms with Crippen LogP contribution in [0.1, 0.15) is 37.8 Å². The van der Waals surface area contributed by atoms with Gasteiger partial charge in [0.15, 0.2) is 0 Å². The average molecular weight is 358 g/mol. The maximum Gasteiger partial charge on any atom is 0.338 e. The van der Waals surface area contributed by atoms with Crippen molar-refractivity contribution in [3.8, 4) is 0 Å². The SMILES string of the molecule is CCOC(=O)C1=C(COC(=O)C2CCC2)NC(=O)N[C@H]1c1ccccc1. The summed E-state index contributed by atoms with van der Waals surface area (Å²) in [7, 11) is 0. The van der Waals surface area contributed by atoms with Gasteiger partial charge in [-0.15, -0.1) is 0 Å². The quantitative estimate of drug-likeness (QED) is 0.761. The first-order valence-electron chi connectivity index (χ1n) is 8.79. The van der Waals surface area contributed by atoms with E-state index in [9.17, 15) is 14.4 Å². The highest BCUT2D eigenvalue weighted by Crippen LogP contribution is 2.30. The van der Waals surface area contributed by atoms with Crippen molar-refractivity contribution in [2.75, 3.05) is 13.2 Å². The summed E-state index contributed by atoms with van der Waals surface area (Å²) in [6.45, 7) is 1.74. The standard InChI is InChI=1S/C19H22N2O5/c1-2-25-18(23)15-14(11-26-17(22)13-9-6-10-13)20-19(24)21-16(15)12-7-4-3-5-8-12/h3-5,7-8,13,16H,2,6,9-11H2,1H3,(H2,20,21,24)/t16-/m0/s1. The number of rotatable bonds is 6. The Morgan fingerprint density at radius 1 is 1.15 bits per heavy atom. The van der Waals surface area contributed by atoms with Crippen LogP contribution in [0, 0.1) is 5.92 Å². The van der Waals surface area contributed by atoms with Crippen LogP contribution in [0.4, 0.5) is 4.79 Å². The van der Waals surface area contributed by atoms with E-state index in [1.807, 2.05) is 30.3 Å². The zero-order valence-corrected chi connectivity index (χ0v) is 14.6. The molecule has 0 unspecified atom stereocenters. The highest BCUT2D eigenvalue weighted by Gasteiger charge is 2.35. The number of urea groups is 1. The van der Waals surface area contributed by atoms with Crippen molar-refractivity contribution in [2.45, 2.75) is 32.2 Å². The Morgan fingerprint density at radius 2 is 1.88 bits per heavy atom. The van der Waals surface area contributed by atoms with Gasteiger partial charge in [-0.05, 0) is 25.3 Å². The fourth-order valence-electron chi connectivity index (χ4n) is 2.98. The second-order valence-electron chi connectivity index (χ2n) is 6.29. The molecule has 2 aliphatic rings. The highest BCUT2D eigenvalue weighted by atomic mass is 16.5. The van der Waals surface area contributed by atoms with Crippen molar-refractivity contribution >= 4 is 18.0 Å². The number of hydrogen-bond donors (Lipinski definition) is 2. The number of amides is 2. The molecule has 1 saturated carbocycles. The Bertz CT molecular complexity index is 725. The number of hydrogen-bond acceptors (Lipinski definition) is 5. The molecule has 0 saturated heterocycles. The summed E-state index contributed by atoms with van der Waals surface area (Å²) in [6.07, 6.45) is 2.67. The number of carbonyl (C=O) groups excluding carboxylic acids is 3. The zero-order valence-electron chi connectivity index (χ0n) is 14.6. The Labute approximate surface area is 151 Å². The summed E-state index contributed by atoms with van der Waals surface area (Å²) in [5, 5.41) is 5.32. The third-order valence-electron chi connectivity index (χ3n) is 4.58. The molecule has 138 valence electrons. The predicted molar refractivity (Wildman–Crippen MR) is 92.8 cm³/mol. The van der Waals surface area contributed by atoms with Gasteiger partial charge in [-0.2, -0.15) is 0 Å². The Balaban J connectivity index is 1.88. The van der Waals surface area contributed by atoms with E-state index in [4.69, 9.17) is 9.47 Å². The lowest BCUT2D eigenvalue weighted by molar-refractivity contribution is -0.150. The molecule has 0 radical (unpaired) electrons. The fourth-order valence-corrected chi connectivity index (χ4v) is 2.98. The van der Waals surface area contributed by atoms with Crippen LogP contribution in [0.15, 0.2) is 41.6 Å². The van der Waals surface area contributed by atoms with Crippen LogP contribution in [0.5, 0.6) is 0 Å². The van der Waals surface area contributed by atoms with Gasteiger partial charge in [0, 0.05) is 0 Å². The molecule has 1 fully saturated rings. The van der Waals surface area contributed by atoms with Gasteiger partial charge in [0.1, 0.15) is 6.61 Å². The maximum absolute atomic E-state index is 12.5. The van der Waals surface area contributed by atoms with Gasteiger partial charge in [0.05, 0.1) is 29.8 Å².